The molecule has 74 heavy (non-hydrogen) atoms. The Bertz CT molecular complexity index is 1150. The van der Waals surface area contributed by atoms with Crippen molar-refractivity contribution in [1.29, 1.82) is 0 Å². The molecular formula is C64H127NO9. The number of unbranched alkanes of at least 4 members (excludes halogenated alkanes) is 47. The van der Waals surface area contributed by atoms with Gasteiger partial charge >= 0.3 is 0 Å². The SMILES string of the molecule is CCCCCCCCCCCCCCCCCCCCCCCCCCCCCCCCCCCC(=O)N[C@@H](CO[C@@H]1O[C@H](CO)[C@H](O)C(O)C1O)[C@H](O)[C@H](O)CCCCCCCCCCCCCCCCCC. The summed E-state index contributed by atoms with van der Waals surface area (Å²) < 4.78 is 11.2. The summed E-state index contributed by atoms with van der Waals surface area (Å²) in [7, 11) is 0. The van der Waals surface area contributed by atoms with E-state index in [-0.39, 0.29) is 18.9 Å². The molecule has 10 nitrogen and oxygen atoms in total. The van der Waals surface area contributed by atoms with Crippen LogP contribution in [0, 0.1) is 0 Å². The number of carbonyl (C=O) groups excluding carboxylic acids is 1. The zero-order valence-corrected chi connectivity index (χ0v) is 49.0. The van der Waals surface area contributed by atoms with E-state index in [9.17, 15) is 35.4 Å². The first-order chi connectivity index (χ1) is 36.3. The first-order valence-corrected chi connectivity index (χ1v) is 32.8. The average Bonchev–Trinajstić information content (AvgIpc) is 3.40. The molecule has 1 aliphatic rings. The molecule has 1 aliphatic heterocycles. The highest BCUT2D eigenvalue weighted by atomic mass is 16.7. The normalized spacial score (nSPS) is 19.3. The highest BCUT2D eigenvalue weighted by molar-refractivity contribution is 5.76. The van der Waals surface area contributed by atoms with Crippen LogP contribution in [0.1, 0.15) is 341 Å². The number of rotatable bonds is 58. The number of nitrogens with one attached hydrogen (secondary N) is 1. The second-order valence-corrected chi connectivity index (χ2v) is 23.4. The maximum Gasteiger partial charge on any atom is 0.220 e. The largest absolute Gasteiger partial charge is 0.394 e. The Morgan fingerprint density at radius 2 is 0.703 bits per heavy atom. The summed E-state index contributed by atoms with van der Waals surface area (Å²) in [5.74, 6) is -0.248. The zero-order chi connectivity index (χ0) is 53.8. The molecule has 1 amide bonds. The van der Waals surface area contributed by atoms with Crippen LogP contribution in [-0.2, 0) is 14.3 Å². The van der Waals surface area contributed by atoms with Gasteiger partial charge < -0.3 is 45.4 Å². The summed E-state index contributed by atoms with van der Waals surface area (Å²) in [6.45, 7) is 3.67. The Kier molecular flexibility index (Phi) is 52.0. The van der Waals surface area contributed by atoms with Crippen LogP contribution in [0.25, 0.3) is 0 Å². The van der Waals surface area contributed by atoms with Crippen molar-refractivity contribution in [3.63, 3.8) is 0 Å². The Morgan fingerprint density at radius 1 is 0.419 bits per heavy atom. The van der Waals surface area contributed by atoms with Gasteiger partial charge in [0.15, 0.2) is 6.29 Å². The van der Waals surface area contributed by atoms with Gasteiger partial charge in [0, 0.05) is 6.42 Å². The third kappa shape index (κ3) is 42.1. The van der Waals surface area contributed by atoms with Crippen molar-refractivity contribution in [3.8, 4) is 0 Å². The minimum absolute atomic E-state index is 0.248. The van der Waals surface area contributed by atoms with Gasteiger partial charge in [0.25, 0.3) is 0 Å². The minimum Gasteiger partial charge on any atom is -0.394 e. The predicted molar refractivity (Wildman–Crippen MR) is 310 cm³/mol. The van der Waals surface area contributed by atoms with Gasteiger partial charge in [-0.3, -0.25) is 4.79 Å². The van der Waals surface area contributed by atoms with E-state index in [1.54, 1.807) is 0 Å². The molecule has 2 unspecified atom stereocenters. The Labute approximate surface area is 457 Å². The number of carbonyl (C=O) groups is 1. The molecule has 0 bridgehead atoms. The molecule has 1 heterocycles. The zero-order valence-electron chi connectivity index (χ0n) is 49.0. The van der Waals surface area contributed by atoms with Crippen LogP contribution in [-0.4, -0.2) is 98.7 Å². The van der Waals surface area contributed by atoms with Crippen LogP contribution in [0.5, 0.6) is 0 Å². The van der Waals surface area contributed by atoms with Crippen LogP contribution in [0.2, 0.25) is 0 Å². The van der Waals surface area contributed by atoms with Gasteiger partial charge in [-0.25, -0.2) is 0 Å². The molecule has 0 radical (unpaired) electrons. The Morgan fingerprint density at radius 3 is 1.00 bits per heavy atom. The summed E-state index contributed by atoms with van der Waals surface area (Å²) in [4.78, 5) is 13.1. The van der Waals surface area contributed by atoms with Gasteiger partial charge in [0.2, 0.25) is 5.91 Å². The molecule has 1 saturated heterocycles. The van der Waals surface area contributed by atoms with Crippen LogP contribution in [0.4, 0.5) is 0 Å². The molecule has 1 rings (SSSR count). The molecule has 0 saturated carbocycles. The fourth-order valence-electron chi connectivity index (χ4n) is 11.1. The van der Waals surface area contributed by atoms with Crippen LogP contribution >= 0.6 is 0 Å². The van der Waals surface area contributed by atoms with Gasteiger partial charge in [0.1, 0.15) is 30.5 Å². The van der Waals surface area contributed by atoms with Gasteiger partial charge in [0.05, 0.1) is 25.4 Å². The van der Waals surface area contributed by atoms with Crippen molar-refractivity contribution in [3.05, 3.63) is 0 Å². The maximum absolute atomic E-state index is 13.1. The number of amides is 1. The number of aliphatic hydroxyl groups excluding tert-OH is 6. The van der Waals surface area contributed by atoms with E-state index in [0.717, 1.165) is 38.5 Å². The van der Waals surface area contributed by atoms with Crippen LogP contribution in [0.15, 0.2) is 0 Å². The molecule has 8 atom stereocenters. The fraction of sp³-hybridized carbons (Fsp3) is 0.984. The van der Waals surface area contributed by atoms with Gasteiger partial charge in [-0.05, 0) is 12.8 Å². The first kappa shape index (κ1) is 71.2. The summed E-state index contributed by atoms with van der Waals surface area (Å²) in [5, 5.41) is 65.7. The molecule has 0 spiro atoms. The highest BCUT2D eigenvalue weighted by Crippen LogP contribution is 2.24. The molecule has 1 fully saturated rings. The topological polar surface area (TPSA) is 169 Å². The molecular weight excluding hydrogens is 927 g/mol. The van der Waals surface area contributed by atoms with Crippen molar-refractivity contribution < 1.29 is 44.9 Å². The molecule has 0 aromatic heterocycles. The molecule has 0 aromatic rings. The van der Waals surface area contributed by atoms with Crippen molar-refractivity contribution in [1.82, 2.24) is 5.32 Å². The lowest BCUT2D eigenvalue weighted by molar-refractivity contribution is -0.303. The van der Waals surface area contributed by atoms with Gasteiger partial charge in [-0.15, -0.1) is 0 Å². The molecule has 7 N–H and O–H groups in total. The van der Waals surface area contributed by atoms with E-state index >= 15 is 0 Å². The number of hydrogen-bond acceptors (Lipinski definition) is 9. The van der Waals surface area contributed by atoms with Gasteiger partial charge in [-0.1, -0.05) is 322 Å². The quantitative estimate of drug-likeness (QED) is 0.0293. The number of aliphatic hydroxyl groups is 6. The summed E-state index contributed by atoms with van der Waals surface area (Å²) in [5.41, 5.74) is 0. The summed E-state index contributed by atoms with van der Waals surface area (Å²) in [6.07, 6.45) is 55.8. The predicted octanol–water partition coefficient (Wildman–Crippen LogP) is 15.9. The summed E-state index contributed by atoms with van der Waals surface area (Å²) >= 11 is 0. The second kappa shape index (κ2) is 54.1. The third-order valence-corrected chi connectivity index (χ3v) is 16.3. The van der Waals surface area contributed by atoms with Crippen molar-refractivity contribution in [2.24, 2.45) is 0 Å². The van der Waals surface area contributed by atoms with E-state index in [4.69, 9.17) is 9.47 Å². The van der Waals surface area contributed by atoms with Crippen molar-refractivity contribution in [2.75, 3.05) is 13.2 Å². The lowest BCUT2D eigenvalue weighted by Gasteiger charge is -2.40. The monoisotopic (exact) mass is 1050 g/mol. The lowest BCUT2D eigenvalue weighted by atomic mass is 9.98. The Balaban J connectivity index is 2.11. The smallest absolute Gasteiger partial charge is 0.220 e. The van der Waals surface area contributed by atoms with Crippen LogP contribution in [0.3, 0.4) is 0 Å². The van der Waals surface area contributed by atoms with Crippen LogP contribution < -0.4 is 5.32 Å². The molecule has 0 aliphatic carbocycles. The average molecular weight is 1050 g/mol. The first-order valence-electron chi connectivity index (χ1n) is 32.8. The Hall–Kier alpha value is -0.850. The minimum atomic E-state index is -1.60. The standard InChI is InChI=1S/C64H127NO9/c1-3-5-7-9-11-13-15-17-19-21-22-23-24-25-26-27-28-29-30-31-32-33-34-35-36-37-39-41-43-45-47-49-51-53-59(68)65-56(55-73-64-63(72)62(71)61(70)58(54-66)74-64)60(69)57(67)52-50-48-46-44-42-40-38-20-18-16-14-12-10-8-6-4-2/h56-58,60-64,66-67,69-72H,3-55H2,1-2H3,(H,65,68)/t56-,57+,58+,60-,61-,62?,63?,64+/m0/s1. The number of ether oxygens (including phenoxy) is 2. The van der Waals surface area contributed by atoms with Gasteiger partial charge in [-0.2, -0.15) is 0 Å². The summed E-state index contributed by atoms with van der Waals surface area (Å²) in [6, 6.07) is -0.987. The van der Waals surface area contributed by atoms with E-state index in [0.29, 0.717) is 6.42 Å². The third-order valence-electron chi connectivity index (χ3n) is 16.3. The fourth-order valence-corrected chi connectivity index (χ4v) is 11.1. The highest BCUT2D eigenvalue weighted by Gasteiger charge is 2.44. The molecule has 0 aromatic carbocycles. The van der Waals surface area contributed by atoms with Crippen molar-refractivity contribution in [2.45, 2.75) is 390 Å². The lowest BCUT2D eigenvalue weighted by Crippen LogP contribution is -2.60. The van der Waals surface area contributed by atoms with Crippen molar-refractivity contribution >= 4 is 5.91 Å². The van der Waals surface area contributed by atoms with E-state index in [1.165, 1.54) is 276 Å². The van der Waals surface area contributed by atoms with E-state index < -0.39 is 55.6 Å². The maximum atomic E-state index is 13.1. The van der Waals surface area contributed by atoms with E-state index in [2.05, 4.69) is 19.2 Å². The second-order valence-electron chi connectivity index (χ2n) is 23.4. The van der Waals surface area contributed by atoms with E-state index in [1.807, 2.05) is 0 Å². The number of hydrogen-bond donors (Lipinski definition) is 7. The molecule has 10 heteroatoms. The molecule has 442 valence electrons.